The summed E-state index contributed by atoms with van der Waals surface area (Å²) in [7, 11) is 0. The minimum Gasteiger partial charge on any atom is -0.374 e. The number of carbonyl (C=O) groups is 1. The molecule has 0 aliphatic carbocycles. The smallest absolute Gasteiger partial charge is 0.152 e. The van der Waals surface area contributed by atoms with Gasteiger partial charge in [0.1, 0.15) is 6.10 Å². The Hall–Kier alpha value is -2.43. The van der Waals surface area contributed by atoms with E-state index in [0.717, 1.165) is 11.3 Å². The summed E-state index contributed by atoms with van der Waals surface area (Å²) in [6, 6.07) is 19.5. The van der Waals surface area contributed by atoms with Crippen molar-refractivity contribution in [1.82, 2.24) is 0 Å². The second-order valence-electron chi connectivity index (χ2n) is 5.09. The lowest BCUT2D eigenvalue weighted by atomic mass is 10.2. The van der Waals surface area contributed by atoms with Crippen molar-refractivity contribution >= 4 is 11.5 Å². The maximum absolute atomic E-state index is 11.1. The predicted molar refractivity (Wildman–Crippen MR) is 90.9 cm³/mol. The number of para-hydroxylation sites is 1. The van der Waals surface area contributed by atoms with Crippen LogP contribution in [0.5, 0.6) is 0 Å². The second-order valence-corrected chi connectivity index (χ2v) is 5.09. The number of rotatable bonds is 9. The van der Waals surface area contributed by atoms with Crippen LogP contribution in [0, 0.1) is 0 Å². The standard InChI is InChI=1S/C19H21NO3/c1-16(21)12-13-19(23-20-18-10-6-3-7-11-18)15-22-14-17-8-4-2-5-9-17/h2-13,19-20H,14-15H2,1H3/b13-12+/t19-/m0/s1. The van der Waals surface area contributed by atoms with Crippen molar-refractivity contribution in [1.29, 1.82) is 0 Å². The summed E-state index contributed by atoms with van der Waals surface area (Å²) >= 11 is 0. The van der Waals surface area contributed by atoms with Gasteiger partial charge in [-0.2, -0.15) is 0 Å². The summed E-state index contributed by atoms with van der Waals surface area (Å²) < 4.78 is 5.68. The molecular formula is C19H21NO3. The Kier molecular flexibility index (Phi) is 7.04. The molecule has 0 heterocycles. The Labute approximate surface area is 136 Å². The van der Waals surface area contributed by atoms with Gasteiger partial charge in [0.2, 0.25) is 0 Å². The van der Waals surface area contributed by atoms with E-state index in [-0.39, 0.29) is 11.9 Å². The van der Waals surface area contributed by atoms with Gasteiger partial charge in [-0.15, -0.1) is 0 Å². The highest BCUT2D eigenvalue weighted by Crippen LogP contribution is 2.08. The van der Waals surface area contributed by atoms with Gasteiger partial charge in [0.25, 0.3) is 0 Å². The molecule has 0 spiro atoms. The highest BCUT2D eigenvalue weighted by Gasteiger charge is 2.07. The fourth-order valence-corrected chi connectivity index (χ4v) is 1.89. The van der Waals surface area contributed by atoms with Gasteiger partial charge in [-0.05, 0) is 36.8 Å². The Balaban J connectivity index is 1.84. The van der Waals surface area contributed by atoms with Crippen LogP contribution in [0.2, 0.25) is 0 Å². The van der Waals surface area contributed by atoms with Crippen LogP contribution >= 0.6 is 0 Å². The van der Waals surface area contributed by atoms with E-state index in [1.54, 1.807) is 6.08 Å². The third kappa shape index (κ3) is 6.91. The van der Waals surface area contributed by atoms with E-state index in [2.05, 4.69) is 5.48 Å². The van der Waals surface area contributed by atoms with Crippen LogP contribution in [-0.4, -0.2) is 18.5 Å². The molecule has 1 atom stereocenters. The molecule has 0 saturated carbocycles. The number of ketones is 1. The van der Waals surface area contributed by atoms with Crippen LogP contribution < -0.4 is 5.48 Å². The molecule has 0 aliphatic heterocycles. The molecule has 4 nitrogen and oxygen atoms in total. The van der Waals surface area contributed by atoms with Crippen molar-refractivity contribution < 1.29 is 14.4 Å². The number of benzene rings is 2. The summed E-state index contributed by atoms with van der Waals surface area (Å²) in [6.45, 7) is 2.35. The lowest BCUT2D eigenvalue weighted by molar-refractivity contribution is -0.112. The van der Waals surface area contributed by atoms with Crippen LogP contribution in [0.15, 0.2) is 72.8 Å². The topological polar surface area (TPSA) is 47.6 Å². The predicted octanol–water partition coefficient (Wildman–Crippen LogP) is 3.76. The Morgan fingerprint density at radius 2 is 1.74 bits per heavy atom. The molecule has 0 bridgehead atoms. The van der Waals surface area contributed by atoms with Gasteiger partial charge in [-0.25, -0.2) is 0 Å². The molecular weight excluding hydrogens is 290 g/mol. The first-order valence-corrected chi connectivity index (χ1v) is 7.51. The van der Waals surface area contributed by atoms with Crippen molar-refractivity contribution in [3.05, 3.63) is 78.4 Å². The van der Waals surface area contributed by atoms with E-state index in [0.29, 0.717) is 13.2 Å². The van der Waals surface area contributed by atoms with Gasteiger partial charge < -0.3 is 4.74 Å². The van der Waals surface area contributed by atoms with Gasteiger partial charge in [-0.3, -0.25) is 15.1 Å². The first-order valence-electron chi connectivity index (χ1n) is 7.51. The first-order chi connectivity index (χ1) is 11.2. The molecule has 0 aliphatic rings. The van der Waals surface area contributed by atoms with Gasteiger partial charge in [0, 0.05) is 0 Å². The van der Waals surface area contributed by atoms with E-state index in [1.807, 2.05) is 60.7 Å². The largest absolute Gasteiger partial charge is 0.374 e. The molecule has 2 aromatic carbocycles. The summed E-state index contributed by atoms with van der Waals surface area (Å²) in [5.74, 6) is -0.0265. The summed E-state index contributed by atoms with van der Waals surface area (Å²) in [4.78, 5) is 16.7. The zero-order valence-corrected chi connectivity index (χ0v) is 13.1. The molecule has 4 heteroatoms. The van der Waals surface area contributed by atoms with Gasteiger partial charge >= 0.3 is 0 Å². The normalized spacial score (nSPS) is 12.2. The highest BCUT2D eigenvalue weighted by molar-refractivity contribution is 5.87. The van der Waals surface area contributed by atoms with Crippen LogP contribution in [0.1, 0.15) is 12.5 Å². The number of nitrogens with one attached hydrogen (secondary N) is 1. The van der Waals surface area contributed by atoms with E-state index in [1.165, 1.54) is 13.0 Å². The van der Waals surface area contributed by atoms with Crippen molar-refractivity contribution in [2.75, 3.05) is 12.1 Å². The zero-order chi connectivity index (χ0) is 16.3. The van der Waals surface area contributed by atoms with Crippen molar-refractivity contribution in [2.24, 2.45) is 0 Å². The molecule has 0 amide bonds. The van der Waals surface area contributed by atoms with Crippen molar-refractivity contribution in [3.63, 3.8) is 0 Å². The maximum Gasteiger partial charge on any atom is 0.152 e. The van der Waals surface area contributed by atoms with E-state index in [4.69, 9.17) is 9.57 Å². The van der Waals surface area contributed by atoms with Crippen LogP contribution in [0.25, 0.3) is 0 Å². The third-order valence-electron chi connectivity index (χ3n) is 3.04. The lowest BCUT2D eigenvalue weighted by Gasteiger charge is -2.15. The number of carbonyl (C=O) groups excluding carboxylic acids is 1. The molecule has 0 saturated heterocycles. The minimum atomic E-state index is -0.359. The third-order valence-corrected chi connectivity index (χ3v) is 3.04. The first kappa shape index (κ1) is 16.9. The number of anilines is 1. The van der Waals surface area contributed by atoms with Gasteiger partial charge in [0.15, 0.2) is 5.78 Å². The molecule has 0 radical (unpaired) electrons. The minimum absolute atomic E-state index is 0.0265. The molecule has 1 N–H and O–H groups in total. The van der Waals surface area contributed by atoms with Gasteiger partial charge in [-0.1, -0.05) is 48.5 Å². The number of ether oxygens (including phenoxy) is 1. The quantitative estimate of drug-likeness (QED) is 0.566. The van der Waals surface area contributed by atoms with E-state index in [9.17, 15) is 4.79 Å². The fourth-order valence-electron chi connectivity index (χ4n) is 1.89. The SMILES string of the molecule is CC(=O)/C=C/[C@@H](COCc1ccccc1)ONc1ccccc1. The molecule has 0 fully saturated rings. The molecule has 23 heavy (non-hydrogen) atoms. The average molecular weight is 311 g/mol. The Bertz CT molecular complexity index is 611. The Morgan fingerprint density at radius 1 is 1.09 bits per heavy atom. The second kappa shape index (κ2) is 9.56. The molecule has 2 rings (SSSR count). The average Bonchev–Trinajstić information content (AvgIpc) is 2.58. The van der Waals surface area contributed by atoms with E-state index < -0.39 is 0 Å². The van der Waals surface area contributed by atoms with Crippen LogP contribution in [0.4, 0.5) is 5.69 Å². The number of allylic oxidation sites excluding steroid dienone is 1. The maximum atomic E-state index is 11.1. The van der Waals surface area contributed by atoms with Crippen molar-refractivity contribution in [3.8, 4) is 0 Å². The van der Waals surface area contributed by atoms with Crippen molar-refractivity contribution in [2.45, 2.75) is 19.6 Å². The Morgan fingerprint density at radius 3 is 2.39 bits per heavy atom. The number of hydrogen-bond acceptors (Lipinski definition) is 4. The zero-order valence-electron chi connectivity index (χ0n) is 13.1. The van der Waals surface area contributed by atoms with E-state index >= 15 is 0 Å². The summed E-state index contributed by atoms with van der Waals surface area (Å²) in [6.07, 6.45) is 2.83. The molecule has 0 aromatic heterocycles. The van der Waals surface area contributed by atoms with Crippen LogP contribution in [0.3, 0.4) is 0 Å². The lowest BCUT2D eigenvalue weighted by Crippen LogP contribution is -2.21. The molecule has 120 valence electrons. The van der Waals surface area contributed by atoms with Crippen LogP contribution in [-0.2, 0) is 21.0 Å². The fraction of sp³-hybridized carbons (Fsp3) is 0.211. The summed E-state index contributed by atoms with van der Waals surface area (Å²) in [5.41, 5.74) is 4.81. The number of hydrogen-bond donors (Lipinski definition) is 1. The monoisotopic (exact) mass is 311 g/mol. The highest BCUT2D eigenvalue weighted by atomic mass is 16.7. The molecule has 0 unspecified atom stereocenters. The van der Waals surface area contributed by atoms with Gasteiger partial charge in [0.05, 0.1) is 18.9 Å². The molecule has 2 aromatic rings. The summed E-state index contributed by atoms with van der Waals surface area (Å²) in [5, 5.41) is 0.